The molecule has 0 aliphatic heterocycles. The summed E-state index contributed by atoms with van der Waals surface area (Å²) in [6.45, 7) is 2.66. The number of ether oxygens (including phenoxy) is 3. The van der Waals surface area contributed by atoms with E-state index in [4.69, 9.17) is 19.9 Å². The van der Waals surface area contributed by atoms with E-state index in [1.165, 1.54) is 6.20 Å². The molecular weight excluding hydrogens is 504 g/mol. The van der Waals surface area contributed by atoms with Crippen LogP contribution in [-0.4, -0.2) is 75.0 Å². The van der Waals surface area contributed by atoms with Gasteiger partial charge in [-0.1, -0.05) is 6.07 Å². The number of carbonyl (C=O) groups is 1. The molecule has 0 fully saturated rings. The van der Waals surface area contributed by atoms with Crippen LogP contribution in [0.15, 0.2) is 43.1 Å². The van der Waals surface area contributed by atoms with Gasteiger partial charge in [0.2, 0.25) is 5.95 Å². The Hall–Kier alpha value is -4.56. The zero-order valence-corrected chi connectivity index (χ0v) is 22.1. The van der Waals surface area contributed by atoms with E-state index in [1.54, 1.807) is 49.3 Å². The van der Waals surface area contributed by atoms with E-state index in [-0.39, 0.29) is 17.3 Å². The van der Waals surface area contributed by atoms with Crippen LogP contribution < -0.4 is 21.1 Å². The van der Waals surface area contributed by atoms with Crippen LogP contribution in [0.2, 0.25) is 0 Å². The van der Waals surface area contributed by atoms with Gasteiger partial charge in [-0.05, 0) is 25.0 Å². The number of rotatable bonds is 15. The number of nitrogens with two attached hydrogens (primary N) is 1. The molecule has 14 nitrogen and oxygen atoms in total. The number of methoxy groups -OCH3 is 3. The minimum Gasteiger partial charge on any atom is -0.494 e. The van der Waals surface area contributed by atoms with Crippen LogP contribution in [-0.2, 0) is 22.6 Å². The fraction of sp³-hybridized carbons (Fsp3) is 0.360. The van der Waals surface area contributed by atoms with Gasteiger partial charge in [-0.15, -0.1) is 0 Å². The Morgan fingerprint density at radius 1 is 1.00 bits per heavy atom. The lowest BCUT2D eigenvalue weighted by Crippen LogP contribution is -2.16. The van der Waals surface area contributed by atoms with Gasteiger partial charge in [-0.2, -0.15) is 15.2 Å². The molecule has 39 heavy (non-hydrogen) atoms. The molecule has 4 aromatic rings. The molecule has 1 aromatic carbocycles. The Labute approximate surface area is 225 Å². The summed E-state index contributed by atoms with van der Waals surface area (Å²) in [6, 6.07) is 5.47. The fourth-order valence-corrected chi connectivity index (χ4v) is 3.82. The summed E-state index contributed by atoms with van der Waals surface area (Å²) >= 11 is 0. The quantitative estimate of drug-likeness (QED) is 0.191. The number of anilines is 4. The van der Waals surface area contributed by atoms with E-state index < -0.39 is 5.91 Å². The van der Waals surface area contributed by atoms with Gasteiger partial charge in [0.25, 0.3) is 5.91 Å². The maximum atomic E-state index is 12.2. The second-order valence-corrected chi connectivity index (χ2v) is 8.47. The molecule has 3 heterocycles. The van der Waals surface area contributed by atoms with Crippen molar-refractivity contribution < 1.29 is 19.0 Å². The molecule has 4 rings (SSSR count). The normalized spacial score (nSPS) is 10.9. The number of para-hydroxylation sites is 1. The summed E-state index contributed by atoms with van der Waals surface area (Å²) in [4.78, 5) is 25.3. The first-order chi connectivity index (χ1) is 19.0. The average molecular weight is 537 g/mol. The van der Waals surface area contributed by atoms with Crippen molar-refractivity contribution >= 4 is 29.0 Å². The molecule has 0 bridgehead atoms. The Morgan fingerprint density at radius 2 is 1.77 bits per heavy atom. The highest BCUT2D eigenvalue weighted by molar-refractivity contribution is 5.98. The predicted octanol–water partition coefficient (Wildman–Crippen LogP) is 2.60. The Balaban J connectivity index is 1.57. The molecule has 0 spiro atoms. The van der Waals surface area contributed by atoms with Crippen molar-refractivity contribution in [2.75, 3.05) is 45.2 Å². The van der Waals surface area contributed by atoms with Crippen LogP contribution in [0.4, 0.5) is 23.1 Å². The third kappa shape index (κ3) is 7.06. The summed E-state index contributed by atoms with van der Waals surface area (Å²) in [6.07, 6.45) is 8.17. The Bertz CT molecular complexity index is 1390. The lowest BCUT2D eigenvalue weighted by atomic mass is 10.1. The maximum absolute atomic E-state index is 12.2. The molecule has 0 aliphatic carbocycles. The summed E-state index contributed by atoms with van der Waals surface area (Å²) < 4.78 is 19.4. The summed E-state index contributed by atoms with van der Waals surface area (Å²) in [5.41, 5.74) is 7.63. The van der Waals surface area contributed by atoms with Crippen LogP contribution in [0.5, 0.6) is 5.75 Å². The monoisotopic (exact) mass is 536 g/mol. The van der Waals surface area contributed by atoms with E-state index in [1.807, 2.05) is 18.3 Å². The van der Waals surface area contributed by atoms with Gasteiger partial charge in [-0.3, -0.25) is 14.2 Å². The first-order valence-corrected chi connectivity index (χ1v) is 12.3. The molecule has 0 radical (unpaired) electrons. The van der Waals surface area contributed by atoms with Crippen molar-refractivity contribution in [3.8, 4) is 17.1 Å². The molecular formula is C25H32N10O4. The Kier molecular flexibility index (Phi) is 9.37. The number of amides is 1. The predicted molar refractivity (Wildman–Crippen MR) is 144 cm³/mol. The van der Waals surface area contributed by atoms with Gasteiger partial charge in [0, 0.05) is 52.9 Å². The smallest absolute Gasteiger partial charge is 0.254 e. The number of carbonyl (C=O) groups excluding carboxylic acids is 1. The molecule has 206 valence electrons. The van der Waals surface area contributed by atoms with Crippen molar-refractivity contribution in [1.82, 2.24) is 34.5 Å². The topological polar surface area (TPSA) is 169 Å². The zero-order chi connectivity index (χ0) is 27.6. The third-order valence-corrected chi connectivity index (χ3v) is 5.66. The first kappa shape index (κ1) is 27.5. The zero-order valence-electron chi connectivity index (χ0n) is 22.1. The SMILES string of the molecule is COCCCn1cc(Nc2ncc(C(N)=O)c(Nc3cccc(-c4ncn(CCCOC)n4)c3OC)n2)cn1. The van der Waals surface area contributed by atoms with Crippen LogP contribution >= 0.6 is 0 Å². The number of aromatic nitrogens is 7. The molecule has 0 unspecified atom stereocenters. The number of aryl methyl sites for hydroxylation is 2. The van der Waals surface area contributed by atoms with Crippen molar-refractivity contribution in [3.63, 3.8) is 0 Å². The maximum Gasteiger partial charge on any atom is 0.254 e. The molecule has 0 saturated heterocycles. The lowest BCUT2D eigenvalue weighted by Gasteiger charge is -2.15. The van der Waals surface area contributed by atoms with Crippen LogP contribution in [0, 0.1) is 0 Å². The summed E-state index contributed by atoms with van der Waals surface area (Å²) in [5, 5.41) is 15.2. The number of benzene rings is 1. The van der Waals surface area contributed by atoms with Gasteiger partial charge in [0.1, 0.15) is 17.7 Å². The Morgan fingerprint density at radius 3 is 2.49 bits per heavy atom. The van der Waals surface area contributed by atoms with Gasteiger partial charge >= 0.3 is 0 Å². The van der Waals surface area contributed by atoms with Crippen molar-refractivity contribution in [2.24, 2.45) is 5.73 Å². The number of nitrogens with one attached hydrogen (secondary N) is 2. The van der Waals surface area contributed by atoms with Crippen molar-refractivity contribution in [1.29, 1.82) is 0 Å². The third-order valence-electron chi connectivity index (χ3n) is 5.66. The fourth-order valence-electron chi connectivity index (χ4n) is 3.82. The standard InChI is InChI=1S/C25H32N10O4/c1-37-11-5-9-34-15-17(13-29-34)30-25-27-14-19(22(26)36)24(32-25)31-20-8-4-7-18(21(20)39-3)23-28-16-35(33-23)10-6-12-38-2/h4,7-8,13-16H,5-6,9-12H2,1-3H3,(H2,26,36)(H2,27,30,31,32). The number of hydrogen-bond donors (Lipinski definition) is 3. The molecule has 3 aromatic heterocycles. The van der Waals surface area contributed by atoms with Crippen LogP contribution in [0.25, 0.3) is 11.4 Å². The lowest BCUT2D eigenvalue weighted by molar-refractivity contribution is 0.100. The van der Waals surface area contributed by atoms with Crippen LogP contribution in [0.1, 0.15) is 23.2 Å². The molecule has 0 atom stereocenters. The minimum atomic E-state index is -0.679. The number of primary amides is 1. The average Bonchev–Trinajstić information content (AvgIpc) is 3.58. The number of hydrogen-bond acceptors (Lipinski definition) is 11. The molecule has 14 heteroatoms. The van der Waals surface area contributed by atoms with E-state index in [0.29, 0.717) is 54.8 Å². The summed E-state index contributed by atoms with van der Waals surface area (Å²) in [7, 11) is 4.87. The van der Waals surface area contributed by atoms with Crippen molar-refractivity contribution in [2.45, 2.75) is 25.9 Å². The van der Waals surface area contributed by atoms with Crippen LogP contribution in [0.3, 0.4) is 0 Å². The second-order valence-electron chi connectivity index (χ2n) is 8.47. The highest BCUT2D eigenvalue weighted by atomic mass is 16.5. The second kappa shape index (κ2) is 13.3. The number of nitrogens with zero attached hydrogens (tertiary/aromatic N) is 7. The molecule has 4 N–H and O–H groups in total. The van der Waals surface area contributed by atoms with E-state index in [9.17, 15) is 4.79 Å². The summed E-state index contributed by atoms with van der Waals surface area (Å²) in [5.74, 6) is 0.761. The minimum absolute atomic E-state index is 0.115. The van der Waals surface area contributed by atoms with E-state index >= 15 is 0 Å². The van der Waals surface area contributed by atoms with Gasteiger partial charge in [-0.25, -0.2) is 9.97 Å². The molecule has 1 amide bonds. The molecule has 0 aliphatic rings. The van der Waals surface area contributed by atoms with Gasteiger partial charge < -0.3 is 30.6 Å². The molecule has 0 saturated carbocycles. The highest BCUT2D eigenvalue weighted by Gasteiger charge is 2.18. The highest BCUT2D eigenvalue weighted by Crippen LogP contribution is 2.36. The first-order valence-electron chi connectivity index (χ1n) is 12.3. The van der Waals surface area contributed by atoms with E-state index in [2.05, 4.69) is 35.8 Å². The van der Waals surface area contributed by atoms with E-state index in [0.717, 1.165) is 12.8 Å². The largest absolute Gasteiger partial charge is 0.494 e. The van der Waals surface area contributed by atoms with Gasteiger partial charge in [0.15, 0.2) is 11.6 Å². The van der Waals surface area contributed by atoms with Gasteiger partial charge in [0.05, 0.1) is 30.2 Å². The van der Waals surface area contributed by atoms with Crippen molar-refractivity contribution in [3.05, 3.63) is 48.7 Å².